The summed E-state index contributed by atoms with van der Waals surface area (Å²) in [4.78, 5) is 0. The molecule has 16 heavy (non-hydrogen) atoms. The van der Waals surface area contributed by atoms with E-state index in [-0.39, 0.29) is 0 Å². The molecule has 2 unspecified atom stereocenters. The van der Waals surface area contributed by atoms with Gasteiger partial charge >= 0.3 is 0 Å². The maximum absolute atomic E-state index is 5.11. The fourth-order valence-corrected chi connectivity index (χ4v) is 1.79. The molecule has 0 fully saturated rings. The van der Waals surface area contributed by atoms with Crippen LogP contribution in [0.5, 0.6) is 0 Å². The predicted molar refractivity (Wildman–Crippen MR) is 68.8 cm³/mol. The van der Waals surface area contributed by atoms with Gasteiger partial charge in [-0.1, -0.05) is 44.2 Å². The van der Waals surface area contributed by atoms with Crippen LogP contribution in [-0.4, -0.2) is 26.8 Å². The first-order chi connectivity index (χ1) is 7.74. The minimum absolute atomic E-state index is 0.566. The van der Waals surface area contributed by atoms with Gasteiger partial charge in [-0.3, -0.25) is 0 Å². The van der Waals surface area contributed by atoms with Gasteiger partial charge in [0.15, 0.2) is 0 Å². The highest BCUT2D eigenvalue weighted by Gasteiger charge is 2.05. The van der Waals surface area contributed by atoms with Gasteiger partial charge in [0.1, 0.15) is 0 Å². The van der Waals surface area contributed by atoms with E-state index >= 15 is 0 Å². The second-order valence-corrected chi connectivity index (χ2v) is 4.53. The van der Waals surface area contributed by atoms with Gasteiger partial charge in [-0.15, -0.1) is 0 Å². The fourth-order valence-electron chi connectivity index (χ4n) is 1.79. The molecule has 1 aromatic rings. The van der Waals surface area contributed by atoms with Gasteiger partial charge in [0.2, 0.25) is 0 Å². The molecule has 1 N–H and O–H groups in total. The van der Waals surface area contributed by atoms with Crippen LogP contribution in [-0.2, 0) is 4.74 Å². The van der Waals surface area contributed by atoms with Crippen molar-refractivity contribution in [2.75, 3.05) is 26.8 Å². The van der Waals surface area contributed by atoms with Gasteiger partial charge in [0.05, 0.1) is 0 Å². The summed E-state index contributed by atoms with van der Waals surface area (Å²) in [6.07, 6.45) is 0. The Labute approximate surface area is 99.0 Å². The van der Waals surface area contributed by atoms with Gasteiger partial charge in [0.25, 0.3) is 0 Å². The molecule has 0 aliphatic heterocycles. The fraction of sp³-hybridized carbons (Fsp3) is 0.571. The van der Waals surface area contributed by atoms with E-state index in [0.29, 0.717) is 11.8 Å². The summed E-state index contributed by atoms with van der Waals surface area (Å²) >= 11 is 0. The van der Waals surface area contributed by atoms with Crippen molar-refractivity contribution in [3.8, 4) is 0 Å². The largest absolute Gasteiger partial charge is 0.384 e. The Hall–Kier alpha value is -0.860. The Morgan fingerprint density at radius 1 is 1.12 bits per heavy atom. The second kappa shape index (κ2) is 7.42. The van der Waals surface area contributed by atoms with Gasteiger partial charge in [-0.05, 0) is 23.9 Å². The predicted octanol–water partition coefficient (Wildman–Crippen LogP) is 2.66. The van der Waals surface area contributed by atoms with E-state index in [1.54, 1.807) is 7.11 Å². The van der Waals surface area contributed by atoms with Crippen molar-refractivity contribution >= 4 is 0 Å². The molecule has 0 aliphatic rings. The van der Waals surface area contributed by atoms with E-state index in [4.69, 9.17) is 4.74 Å². The van der Waals surface area contributed by atoms with Crippen LogP contribution in [0.15, 0.2) is 30.3 Å². The quantitative estimate of drug-likeness (QED) is 0.764. The minimum atomic E-state index is 0.566. The standard InChI is InChI=1S/C14H23NO/c1-12(11-16-3)9-15-10-13(2)14-7-5-4-6-8-14/h4-8,12-13,15H,9-11H2,1-3H3. The Bertz CT molecular complexity index is 273. The van der Waals surface area contributed by atoms with Crippen LogP contribution < -0.4 is 5.32 Å². The van der Waals surface area contributed by atoms with Crippen molar-refractivity contribution in [3.63, 3.8) is 0 Å². The lowest BCUT2D eigenvalue weighted by molar-refractivity contribution is 0.158. The Morgan fingerprint density at radius 3 is 2.44 bits per heavy atom. The van der Waals surface area contributed by atoms with Crippen molar-refractivity contribution < 1.29 is 4.74 Å². The van der Waals surface area contributed by atoms with E-state index in [9.17, 15) is 0 Å². The van der Waals surface area contributed by atoms with Crippen LogP contribution in [0.3, 0.4) is 0 Å². The highest BCUT2D eigenvalue weighted by atomic mass is 16.5. The van der Waals surface area contributed by atoms with Crippen molar-refractivity contribution in [2.24, 2.45) is 5.92 Å². The maximum Gasteiger partial charge on any atom is 0.0499 e. The zero-order valence-corrected chi connectivity index (χ0v) is 10.6. The van der Waals surface area contributed by atoms with Crippen LogP contribution in [0.1, 0.15) is 25.3 Å². The van der Waals surface area contributed by atoms with Crippen LogP contribution in [0, 0.1) is 5.92 Å². The smallest absolute Gasteiger partial charge is 0.0499 e. The van der Waals surface area contributed by atoms with Crippen molar-refractivity contribution in [1.29, 1.82) is 0 Å². The highest BCUT2D eigenvalue weighted by Crippen LogP contribution is 2.12. The number of benzene rings is 1. The van der Waals surface area contributed by atoms with E-state index in [1.165, 1.54) is 5.56 Å². The molecular weight excluding hydrogens is 198 g/mol. The summed E-state index contributed by atoms with van der Waals surface area (Å²) in [6, 6.07) is 10.6. The van der Waals surface area contributed by atoms with Crippen LogP contribution >= 0.6 is 0 Å². The average Bonchev–Trinajstić information content (AvgIpc) is 2.30. The average molecular weight is 221 g/mol. The molecule has 1 rings (SSSR count). The monoisotopic (exact) mass is 221 g/mol. The summed E-state index contributed by atoms with van der Waals surface area (Å²) in [5, 5.41) is 3.49. The van der Waals surface area contributed by atoms with Crippen LogP contribution in [0.2, 0.25) is 0 Å². The lowest BCUT2D eigenvalue weighted by Crippen LogP contribution is -2.27. The third kappa shape index (κ3) is 4.77. The summed E-state index contributed by atoms with van der Waals surface area (Å²) in [5.41, 5.74) is 1.40. The third-order valence-corrected chi connectivity index (χ3v) is 2.76. The zero-order valence-electron chi connectivity index (χ0n) is 10.6. The molecule has 0 radical (unpaired) electrons. The first-order valence-electron chi connectivity index (χ1n) is 5.98. The second-order valence-electron chi connectivity index (χ2n) is 4.53. The molecule has 0 heterocycles. The topological polar surface area (TPSA) is 21.3 Å². The number of nitrogens with one attached hydrogen (secondary N) is 1. The molecule has 0 saturated heterocycles. The van der Waals surface area contributed by atoms with Gasteiger partial charge in [-0.25, -0.2) is 0 Å². The van der Waals surface area contributed by atoms with Crippen molar-refractivity contribution in [3.05, 3.63) is 35.9 Å². The zero-order chi connectivity index (χ0) is 11.8. The summed E-state index contributed by atoms with van der Waals surface area (Å²) in [5.74, 6) is 1.14. The first-order valence-corrected chi connectivity index (χ1v) is 5.98. The maximum atomic E-state index is 5.11. The van der Waals surface area contributed by atoms with E-state index in [2.05, 4.69) is 49.5 Å². The summed E-state index contributed by atoms with van der Waals surface area (Å²) in [6.45, 7) is 7.32. The Kier molecular flexibility index (Phi) is 6.12. The lowest BCUT2D eigenvalue weighted by Gasteiger charge is -2.15. The molecule has 0 bridgehead atoms. The molecule has 0 spiro atoms. The molecule has 1 aromatic carbocycles. The van der Waals surface area contributed by atoms with Gasteiger partial charge in [0, 0.05) is 20.3 Å². The van der Waals surface area contributed by atoms with E-state index in [1.807, 2.05) is 0 Å². The van der Waals surface area contributed by atoms with Crippen molar-refractivity contribution in [2.45, 2.75) is 19.8 Å². The molecule has 0 amide bonds. The highest BCUT2D eigenvalue weighted by molar-refractivity contribution is 5.18. The summed E-state index contributed by atoms with van der Waals surface area (Å²) in [7, 11) is 1.75. The molecule has 2 heteroatoms. The van der Waals surface area contributed by atoms with Gasteiger partial charge in [-0.2, -0.15) is 0 Å². The Balaban J connectivity index is 2.23. The number of hydrogen-bond acceptors (Lipinski definition) is 2. The normalized spacial score (nSPS) is 14.7. The first kappa shape index (κ1) is 13.2. The molecule has 2 atom stereocenters. The molecule has 0 aromatic heterocycles. The third-order valence-electron chi connectivity index (χ3n) is 2.76. The summed E-state index contributed by atoms with van der Waals surface area (Å²) < 4.78 is 5.11. The van der Waals surface area contributed by atoms with Gasteiger partial charge < -0.3 is 10.1 Å². The van der Waals surface area contributed by atoms with Crippen LogP contribution in [0.4, 0.5) is 0 Å². The number of rotatable bonds is 7. The molecule has 2 nitrogen and oxygen atoms in total. The Morgan fingerprint density at radius 2 is 1.81 bits per heavy atom. The van der Waals surface area contributed by atoms with E-state index in [0.717, 1.165) is 19.7 Å². The number of methoxy groups -OCH3 is 1. The van der Waals surface area contributed by atoms with Crippen molar-refractivity contribution in [1.82, 2.24) is 5.32 Å². The van der Waals surface area contributed by atoms with Crippen LogP contribution in [0.25, 0.3) is 0 Å². The SMILES string of the molecule is COCC(C)CNCC(C)c1ccccc1. The molecule has 0 aliphatic carbocycles. The molecular formula is C14H23NO. The lowest BCUT2D eigenvalue weighted by atomic mass is 10.0. The molecule has 0 saturated carbocycles. The molecule has 90 valence electrons. The number of hydrogen-bond donors (Lipinski definition) is 1. The number of ether oxygens (including phenoxy) is 1. The van der Waals surface area contributed by atoms with E-state index < -0.39 is 0 Å². The minimum Gasteiger partial charge on any atom is -0.384 e.